The lowest BCUT2D eigenvalue weighted by atomic mass is 10.0. The molecule has 2 aromatic heterocycles. The second kappa shape index (κ2) is 10.1. The summed E-state index contributed by atoms with van der Waals surface area (Å²) >= 11 is 1.61. The number of rotatable bonds is 8. The molecule has 1 saturated heterocycles. The maximum Gasteiger partial charge on any atom is 0.233 e. The summed E-state index contributed by atoms with van der Waals surface area (Å²) in [6, 6.07) is 9.36. The van der Waals surface area contributed by atoms with Crippen LogP contribution in [0.15, 0.2) is 40.4 Å². The maximum absolute atomic E-state index is 13.3. The number of nitrogens with zero attached hydrogens (tertiary/aromatic N) is 3. The zero-order chi connectivity index (χ0) is 23.5. The van der Waals surface area contributed by atoms with Crippen LogP contribution in [0.1, 0.15) is 48.4 Å². The first kappa shape index (κ1) is 23.6. The average molecular weight is 471 g/mol. The highest BCUT2D eigenvalue weighted by atomic mass is 32.1. The summed E-state index contributed by atoms with van der Waals surface area (Å²) in [7, 11) is 0. The number of aromatic nitrogens is 2. The second-order valence-electron chi connectivity index (χ2n) is 8.57. The third-order valence-electron chi connectivity index (χ3n) is 6.14. The Kier molecular flexibility index (Phi) is 7.23. The van der Waals surface area contributed by atoms with E-state index in [0.29, 0.717) is 30.8 Å². The highest BCUT2D eigenvalue weighted by Crippen LogP contribution is 2.29. The van der Waals surface area contributed by atoms with Gasteiger partial charge in [-0.1, -0.05) is 36.3 Å². The largest absolute Gasteiger partial charge is 0.391 e. The lowest BCUT2D eigenvalue weighted by Gasteiger charge is -2.31. The molecule has 0 aliphatic carbocycles. The van der Waals surface area contributed by atoms with Crippen molar-refractivity contribution in [2.45, 2.75) is 64.4 Å². The number of β-amino-alcohol motifs (C(OH)–C–C–N with tert-alkyl or cyclic N) is 1. The van der Waals surface area contributed by atoms with E-state index in [-0.39, 0.29) is 12.5 Å². The number of carbonyl (C=O) groups is 1. The molecule has 8 nitrogen and oxygen atoms in total. The summed E-state index contributed by atoms with van der Waals surface area (Å²) in [5, 5.41) is 28.1. The van der Waals surface area contributed by atoms with E-state index < -0.39 is 24.3 Å². The molecule has 0 saturated carbocycles. The zero-order valence-corrected chi connectivity index (χ0v) is 19.9. The molecule has 3 heterocycles. The van der Waals surface area contributed by atoms with Gasteiger partial charge in [0, 0.05) is 19.2 Å². The van der Waals surface area contributed by atoms with Crippen LogP contribution < -0.4 is 5.32 Å². The van der Waals surface area contributed by atoms with Crippen LogP contribution in [0.5, 0.6) is 0 Å². The van der Waals surface area contributed by atoms with E-state index in [1.165, 1.54) is 0 Å². The monoisotopic (exact) mass is 470 g/mol. The molecule has 3 aromatic rings. The van der Waals surface area contributed by atoms with Crippen molar-refractivity contribution in [3.63, 3.8) is 0 Å². The van der Waals surface area contributed by atoms with E-state index in [0.717, 1.165) is 21.7 Å². The molecule has 33 heavy (non-hydrogen) atoms. The highest BCUT2D eigenvalue weighted by Gasteiger charge is 2.41. The lowest BCUT2D eigenvalue weighted by molar-refractivity contribution is -0.137. The van der Waals surface area contributed by atoms with Gasteiger partial charge in [-0.25, -0.2) is 4.98 Å². The molecule has 0 bridgehead atoms. The summed E-state index contributed by atoms with van der Waals surface area (Å²) < 4.78 is 5.33. The van der Waals surface area contributed by atoms with Crippen molar-refractivity contribution < 1.29 is 19.5 Å². The van der Waals surface area contributed by atoms with Gasteiger partial charge in [-0.05, 0) is 37.8 Å². The van der Waals surface area contributed by atoms with E-state index >= 15 is 0 Å². The number of aliphatic hydroxyl groups excluding tert-OH is 2. The Balaban J connectivity index is 1.40. The van der Waals surface area contributed by atoms with Crippen molar-refractivity contribution >= 4 is 17.2 Å². The third-order valence-corrected chi connectivity index (χ3v) is 7.12. The van der Waals surface area contributed by atoms with E-state index in [9.17, 15) is 15.0 Å². The Labute approximate surface area is 197 Å². The minimum absolute atomic E-state index is 0.166. The van der Waals surface area contributed by atoms with Crippen molar-refractivity contribution in [1.82, 2.24) is 20.4 Å². The SMILES string of the molecule is CCC(C(=O)N1CC(O)CC1C(O)NCc1ccc(-c2scnc2C)cc1)c1cc(C)no1. The van der Waals surface area contributed by atoms with Crippen molar-refractivity contribution in [2.24, 2.45) is 0 Å². The van der Waals surface area contributed by atoms with Crippen molar-refractivity contribution in [3.8, 4) is 10.4 Å². The smallest absolute Gasteiger partial charge is 0.233 e. The molecule has 1 aliphatic rings. The van der Waals surface area contributed by atoms with E-state index in [1.54, 1.807) is 22.3 Å². The Morgan fingerprint density at radius 2 is 2.09 bits per heavy atom. The third kappa shape index (κ3) is 5.16. The summed E-state index contributed by atoms with van der Waals surface area (Å²) in [6.45, 7) is 6.34. The Hall–Kier alpha value is -2.59. The fourth-order valence-corrected chi connectivity index (χ4v) is 5.16. The first-order valence-corrected chi connectivity index (χ1v) is 12.1. The van der Waals surface area contributed by atoms with Gasteiger partial charge in [0.15, 0.2) is 0 Å². The molecular weight excluding hydrogens is 440 g/mol. The minimum atomic E-state index is -0.969. The molecule has 4 unspecified atom stereocenters. The number of nitrogens with one attached hydrogen (secondary N) is 1. The minimum Gasteiger partial charge on any atom is -0.391 e. The molecule has 0 radical (unpaired) electrons. The van der Waals surface area contributed by atoms with Gasteiger partial charge in [0.25, 0.3) is 0 Å². The van der Waals surface area contributed by atoms with Gasteiger partial charge in [-0.2, -0.15) is 0 Å². The second-order valence-corrected chi connectivity index (χ2v) is 9.42. The van der Waals surface area contributed by atoms with Gasteiger partial charge in [0.1, 0.15) is 12.0 Å². The number of hydrogen-bond donors (Lipinski definition) is 3. The summed E-state index contributed by atoms with van der Waals surface area (Å²) in [4.78, 5) is 20.3. The predicted octanol–water partition coefficient (Wildman–Crippen LogP) is 2.98. The number of benzene rings is 1. The first-order valence-electron chi connectivity index (χ1n) is 11.2. The van der Waals surface area contributed by atoms with Crippen LogP contribution in [0.25, 0.3) is 10.4 Å². The quantitative estimate of drug-likeness (QED) is 0.434. The number of thiazole rings is 1. The lowest BCUT2D eigenvalue weighted by Crippen LogP contribution is -2.50. The van der Waals surface area contributed by atoms with Crippen LogP contribution in [0.4, 0.5) is 0 Å². The Morgan fingerprint density at radius 1 is 1.33 bits per heavy atom. The molecule has 3 N–H and O–H groups in total. The van der Waals surface area contributed by atoms with Crippen molar-refractivity contribution in [2.75, 3.05) is 6.54 Å². The average Bonchev–Trinajstić information content (AvgIpc) is 3.53. The number of amides is 1. The van der Waals surface area contributed by atoms with Gasteiger partial charge < -0.3 is 19.6 Å². The number of carbonyl (C=O) groups excluding carboxylic acids is 1. The fourth-order valence-electron chi connectivity index (χ4n) is 4.35. The summed E-state index contributed by atoms with van der Waals surface area (Å²) in [5.41, 5.74) is 5.69. The van der Waals surface area contributed by atoms with Gasteiger partial charge in [-0.15, -0.1) is 11.3 Å². The molecule has 1 fully saturated rings. The van der Waals surface area contributed by atoms with Gasteiger partial charge >= 0.3 is 0 Å². The molecule has 1 aliphatic heterocycles. The van der Waals surface area contributed by atoms with Gasteiger partial charge in [0.05, 0.1) is 39.8 Å². The number of hydrogen-bond acceptors (Lipinski definition) is 8. The Morgan fingerprint density at radius 3 is 2.70 bits per heavy atom. The Bertz CT molecular complexity index is 1080. The maximum atomic E-state index is 13.3. The van der Waals surface area contributed by atoms with E-state index in [1.807, 2.05) is 50.5 Å². The molecule has 176 valence electrons. The number of likely N-dealkylation sites (tertiary alicyclic amines) is 1. The van der Waals surface area contributed by atoms with E-state index in [4.69, 9.17) is 4.52 Å². The first-order chi connectivity index (χ1) is 15.9. The topological polar surface area (TPSA) is 112 Å². The highest BCUT2D eigenvalue weighted by molar-refractivity contribution is 7.13. The molecule has 0 spiro atoms. The molecule has 4 atom stereocenters. The van der Waals surface area contributed by atoms with Crippen LogP contribution >= 0.6 is 11.3 Å². The molecule has 9 heteroatoms. The predicted molar refractivity (Wildman–Crippen MR) is 126 cm³/mol. The zero-order valence-electron chi connectivity index (χ0n) is 19.1. The number of aliphatic hydroxyl groups is 2. The summed E-state index contributed by atoms with van der Waals surface area (Å²) in [5.74, 6) is -0.145. The standard InChI is InChI=1S/C24H30N4O4S/c1-4-19(21-9-14(2)27-32-21)24(31)28-12-18(29)10-20(28)23(30)25-11-16-5-7-17(8-6-16)22-15(3)26-13-33-22/h5-9,13,18-20,23,25,29-30H,4,10-12H2,1-3H3. The molecule has 1 amide bonds. The van der Waals surface area contributed by atoms with Crippen LogP contribution in [0.3, 0.4) is 0 Å². The van der Waals surface area contributed by atoms with E-state index in [2.05, 4.69) is 15.5 Å². The van der Waals surface area contributed by atoms with Crippen LogP contribution in [-0.2, 0) is 11.3 Å². The molecule has 4 rings (SSSR count). The normalized spacial score (nSPS) is 20.2. The molecule has 1 aromatic carbocycles. The van der Waals surface area contributed by atoms with Crippen LogP contribution in [0, 0.1) is 13.8 Å². The van der Waals surface area contributed by atoms with Gasteiger partial charge in [-0.3, -0.25) is 10.1 Å². The fraction of sp³-hybridized carbons (Fsp3) is 0.458. The molecular formula is C24H30N4O4S. The summed E-state index contributed by atoms with van der Waals surface area (Å²) in [6.07, 6.45) is -0.785. The van der Waals surface area contributed by atoms with Crippen LogP contribution in [0.2, 0.25) is 0 Å². The van der Waals surface area contributed by atoms with Crippen molar-refractivity contribution in [1.29, 1.82) is 0 Å². The van der Waals surface area contributed by atoms with Gasteiger partial charge in [0.2, 0.25) is 5.91 Å². The number of aryl methyl sites for hydroxylation is 2. The van der Waals surface area contributed by atoms with Crippen molar-refractivity contribution in [3.05, 3.63) is 58.6 Å². The van der Waals surface area contributed by atoms with Crippen LogP contribution in [-0.4, -0.2) is 56.1 Å².